The molecular weight excluding hydrogens is 150 g/mol. The zero-order valence-electron chi connectivity index (χ0n) is 7.63. The van der Waals surface area contributed by atoms with Crippen molar-refractivity contribution in [3.05, 3.63) is 12.7 Å². The number of hydrogen-bond acceptors (Lipinski definition) is 2. The number of allylic oxidation sites excluding steroid dienone is 1. The standard InChI is InChI=1S/C10H19NO/c1-2-3-4-5-9-8-11-7-6-10(9)12/h2,9-12H,1,3-8H2. The summed E-state index contributed by atoms with van der Waals surface area (Å²) in [6.07, 6.45) is 6.15. The van der Waals surface area contributed by atoms with Gasteiger partial charge in [-0.05, 0) is 38.1 Å². The van der Waals surface area contributed by atoms with E-state index >= 15 is 0 Å². The Balaban J connectivity index is 2.15. The van der Waals surface area contributed by atoms with Gasteiger partial charge in [0, 0.05) is 6.54 Å². The highest BCUT2D eigenvalue weighted by Gasteiger charge is 2.21. The molecule has 70 valence electrons. The predicted octanol–water partition coefficient (Wildman–Crippen LogP) is 1.31. The second kappa shape index (κ2) is 5.33. The van der Waals surface area contributed by atoms with E-state index in [1.54, 1.807) is 0 Å². The fourth-order valence-electron chi connectivity index (χ4n) is 1.73. The minimum absolute atomic E-state index is 0.0731. The maximum atomic E-state index is 9.60. The average molecular weight is 169 g/mol. The first-order valence-corrected chi connectivity index (χ1v) is 4.84. The average Bonchev–Trinajstić information content (AvgIpc) is 2.09. The Labute approximate surface area is 74.7 Å². The van der Waals surface area contributed by atoms with E-state index in [1.807, 2.05) is 6.08 Å². The van der Waals surface area contributed by atoms with Gasteiger partial charge in [-0.15, -0.1) is 6.58 Å². The third-order valence-corrected chi connectivity index (χ3v) is 2.55. The van der Waals surface area contributed by atoms with Crippen molar-refractivity contribution in [1.82, 2.24) is 5.32 Å². The molecule has 1 aliphatic heterocycles. The van der Waals surface area contributed by atoms with E-state index in [0.717, 1.165) is 38.8 Å². The Kier molecular flexibility index (Phi) is 4.33. The molecule has 0 aromatic carbocycles. The van der Waals surface area contributed by atoms with Crippen LogP contribution in [0.15, 0.2) is 12.7 Å². The lowest BCUT2D eigenvalue weighted by molar-refractivity contribution is 0.0736. The number of aliphatic hydroxyl groups excluding tert-OH is 1. The van der Waals surface area contributed by atoms with Gasteiger partial charge in [0.25, 0.3) is 0 Å². The second-order valence-corrected chi connectivity index (χ2v) is 3.54. The number of rotatable bonds is 4. The maximum Gasteiger partial charge on any atom is 0.0592 e. The molecule has 2 N–H and O–H groups in total. The monoisotopic (exact) mass is 169 g/mol. The summed E-state index contributed by atoms with van der Waals surface area (Å²) in [5.74, 6) is 0.471. The van der Waals surface area contributed by atoms with E-state index in [4.69, 9.17) is 0 Å². The third kappa shape index (κ3) is 2.95. The van der Waals surface area contributed by atoms with Gasteiger partial charge in [0.05, 0.1) is 6.10 Å². The fourth-order valence-corrected chi connectivity index (χ4v) is 1.73. The molecule has 1 rings (SSSR count). The van der Waals surface area contributed by atoms with Gasteiger partial charge >= 0.3 is 0 Å². The largest absolute Gasteiger partial charge is 0.393 e. The molecule has 12 heavy (non-hydrogen) atoms. The summed E-state index contributed by atoms with van der Waals surface area (Å²) in [6.45, 7) is 5.64. The predicted molar refractivity (Wildman–Crippen MR) is 51.0 cm³/mol. The van der Waals surface area contributed by atoms with Crippen molar-refractivity contribution in [3.63, 3.8) is 0 Å². The molecule has 2 nitrogen and oxygen atoms in total. The summed E-state index contributed by atoms with van der Waals surface area (Å²) in [4.78, 5) is 0. The van der Waals surface area contributed by atoms with Crippen LogP contribution < -0.4 is 5.32 Å². The first-order valence-electron chi connectivity index (χ1n) is 4.84. The summed E-state index contributed by atoms with van der Waals surface area (Å²) in [5.41, 5.74) is 0. The number of unbranched alkanes of at least 4 members (excludes halogenated alkanes) is 1. The lowest BCUT2D eigenvalue weighted by atomic mass is 9.91. The van der Waals surface area contributed by atoms with Crippen LogP contribution in [-0.2, 0) is 0 Å². The van der Waals surface area contributed by atoms with Crippen molar-refractivity contribution in [2.24, 2.45) is 5.92 Å². The summed E-state index contributed by atoms with van der Waals surface area (Å²) in [6, 6.07) is 0. The zero-order valence-corrected chi connectivity index (χ0v) is 7.63. The molecule has 1 heterocycles. The zero-order chi connectivity index (χ0) is 8.81. The molecule has 0 saturated carbocycles. The molecule has 1 fully saturated rings. The normalized spacial score (nSPS) is 30.1. The van der Waals surface area contributed by atoms with Crippen LogP contribution >= 0.6 is 0 Å². The third-order valence-electron chi connectivity index (χ3n) is 2.55. The molecule has 0 aliphatic carbocycles. The Morgan fingerprint density at radius 1 is 1.58 bits per heavy atom. The Bertz CT molecular complexity index is 136. The van der Waals surface area contributed by atoms with Crippen molar-refractivity contribution in [3.8, 4) is 0 Å². The molecule has 1 aliphatic rings. The second-order valence-electron chi connectivity index (χ2n) is 3.54. The first-order chi connectivity index (χ1) is 5.84. The van der Waals surface area contributed by atoms with Crippen LogP contribution in [0.2, 0.25) is 0 Å². The number of aliphatic hydroxyl groups is 1. The number of piperidine rings is 1. The maximum absolute atomic E-state index is 9.60. The van der Waals surface area contributed by atoms with Crippen LogP contribution in [0.5, 0.6) is 0 Å². The molecule has 0 spiro atoms. The topological polar surface area (TPSA) is 32.3 Å². The van der Waals surface area contributed by atoms with E-state index in [2.05, 4.69) is 11.9 Å². The molecule has 2 heteroatoms. The SMILES string of the molecule is C=CCCCC1CNCCC1O. The summed E-state index contributed by atoms with van der Waals surface area (Å²) in [5, 5.41) is 12.9. The van der Waals surface area contributed by atoms with Gasteiger partial charge in [-0.25, -0.2) is 0 Å². The molecule has 0 radical (unpaired) electrons. The number of nitrogens with one attached hydrogen (secondary N) is 1. The van der Waals surface area contributed by atoms with Crippen LogP contribution in [0.25, 0.3) is 0 Å². The van der Waals surface area contributed by atoms with Gasteiger partial charge in [-0.1, -0.05) is 6.08 Å². The van der Waals surface area contributed by atoms with E-state index < -0.39 is 0 Å². The molecule has 0 aromatic heterocycles. The fraction of sp³-hybridized carbons (Fsp3) is 0.800. The highest BCUT2D eigenvalue weighted by Crippen LogP contribution is 2.17. The van der Waals surface area contributed by atoms with E-state index in [0.29, 0.717) is 5.92 Å². The molecule has 0 aromatic rings. The summed E-state index contributed by atoms with van der Waals surface area (Å²) >= 11 is 0. The van der Waals surface area contributed by atoms with Crippen LogP contribution in [0, 0.1) is 5.92 Å². The Morgan fingerprint density at radius 3 is 3.08 bits per heavy atom. The minimum Gasteiger partial charge on any atom is -0.393 e. The summed E-state index contributed by atoms with van der Waals surface area (Å²) in [7, 11) is 0. The van der Waals surface area contributed by atoms with Crippen LogP contribution in [0.4, 0.5) is 0 Å². The lowest BCUT2D eigenvalue weighted by Gasteiger charge is -2.28. The van der Waals surface area contributed by atoms with Gasteiger partial charge in [0.15, 0.2) is 0 Å². The minimum atomic E-state index is -0.0731. The van der Waals surface area contributed by atoms with Gasteiger partial charge in [0.2, 0.25) is 0 Å². The molecule has 2 unspecified atom stereocenters. The van der Waals surface area contributed by atoms with Crippen molar-refractivity contribution >= 4 is 0 Å². The molecule has 0 bridgehead atoms. The molecule has 0 amide bonds. The Hall–Kier alpha value is -0.340. The molecule has 1 saturated heterocycles. The van der Waals surface area contributed by atoms with E-state index in [-0.39, 0.29) is 6.10 Å². The van der Waals surface area contributed by atoms with Gasteiger partial charge in [-0.3, -0.25) is 0 Å². The van der Waals surface area contributed by atoms with Crippen molar-refractivity contribution in [2.45, 2.75) is 31.8 Å². The first kappa shape index (κ1) is 9.75. The quantitative estimate of drug-likeness (QED) is 0.491. The Morgan fingerprint density at radius 2 is 2.42 bits per heavy atom. The van der Waals surface area contributed by atoms with Crippen LogP contribution in [0.1, 0.15) is 25.7 Å². The molecular formula is C10H19NO. The van der Waals surface area contributed by atoms with Crippen LogP contribution in [-0.4, -0.2) is 24.3 Å². The van der Waals surface area contributed by atoms with Crippen molar-refractivity contribution in [2.75, 3.05) is 13.1 Å². The van der Waals surface area contributed by atoms with Crippen molar-refractivity contribution in [1.29, 1.82) is 0 Å². The highest BCUT2D eigenvalue weighted by atomic mass is 16.3. The van der Waals surface area contributed by atoms with Crippen molar-refractivity contribution < 1.29 is 5.11 Å². The van der Waals surface area contributed by atoms with Gasteiger partial charge in [0.1, 0.15) is 0 Å². The highest BCUT2D eigenvalue weighted by molar-refractivity contribution is 4.78. The number of hydrogen-bond donors (Lipinski definition) is 2. The van der Waals surface area contributed by atoms with Gasteiger partial charge < -0.3 is 10.4 Å². The lowest BCUT2D eigenvalue weighted by Crippen LogP contribution is -2.39. The molecule has 2 atom stereocenters. The van der Waals surface area contributed by atoms with Crippen LogP contribution in [0.3, 0.4) is 0 Å². The van der Waals surface area contributed by atoms with E-state index in [1.165, 1.54) is 0 Å². The smallest absolute Gasteiger partial charge is 0.0592 e. The van der Waals surface area contributed by atoms with E-state index in [9.17, 15) is 5.11 Å². The van der Waals surface area contributed by atoms with Gasteiger partial charge in [-0.2, -0.15) is 0 Å². The summed E-state index contributed by atoms with van der Waals surface area (Å²) < 4.78 is 0.